The average molecular weight is 711 g/mol. The van der Waals surface area contributed by atoms with Gasteiger partial charge in [0.25, 0.3) is 0 Å². The summed E-state index contributed by atoms with van der Waals surface area (Å²) in [5.41, 5.74) is 2.98. The zero-order chi connectivity index (χ0) is 36.3. The number of pyridine rings is 1. The summed E-state index contributed by atoms with van der Waals surface area (Å²) in [5.74, 6) is -1.12. The van der Waals surface area contributed by atoms with E-state index in [2.05, 4.69) is 4.98 Å². The minimum Gasteiger partial charge on any atom is -0.497 e. The van der Waals surface area contributed by atoms with E-state index in [4.69, 9.17) is 25.8 Å². The molecule has 0 unspecified atom stereocenters. The molecule has 1 fully saturated rings. The fourth-order valence-electron chi connectivity index (χ4n) is 6.18. The van der Waals surface area contributed by atoms with Gasteiger partial charge < -0.3 is 14.2 Å². The summed E-state index contributed by atoms with van der Waals surface area (Å²) in [7, 11) is 1.58. The van der Waals surface area contributed by atoms with Crippen LogP contribution in [0.15, 0.2) is 91.1 Å². The summed E-state index contributed by atoms with van der Waals surface area (Å²) in [5, 5.41) is 0.459. The summed E-state index contributed by atoms with van der Waals surface area (Å²) in [6.07, 6.45) is 1.62. The minimum atomic E-state index is -1.17. The maximum absolute atomic E-state index is 13.9. The maximum Gasteiger partial charge on any atom is 0.416 e. The lowest BCUT2D eigenvalue weighted by molar-refractivity contribution is -0.170. The van der Waals surface area contributed by atoms with Crippen LogP contribution in [0.5, 0.6) is 5.75 Å². The van der Waals surface area contributed by atoms with Crippen molar-refractivity contribution in [3.05, 3.63) is 118 Å². The predicted molar refractivity (Wildman–Crippen MR) is 192 cm³/mol. The number of ether oxygens (including phenoxy) is 3. The molecule has 4 amide bonds. The van der Waals surface area contributed by atoms with Crippen molar-refractivity contribution in [1.82, 2.24) is 9.88 Å². The van der Waals surface area contributed by atoms with Gasteiger partial charge in [-0.3, -0.25) is 14.6 Å². The number of β-lactam (4-membered cyclic amide) rings is 1. The Morgan fingerprint density at radius 3 is 2.39 bits per heavy atom. The fraction of sp³-hybridized carbons (Fsp3) is 0.308. The number of hydrogen-bond acceptors (Lipinski definition) is 8. The number of likely N-dealkylation sites (tertiary alicyclic amines) is 1. The molecule has 0 aliphatic carbocycles. The van der Waals surface area contributed by atoms with Crippen LogP contribution < -0.4 is 14.5 Å². The molecule has 2 atom stereocenters. The first kappa shape index (κ1) is 35.4. The third-order valence-corrected chi connectivity index (χ3v) is 8.95. The number of esters is 1. The van der Waals surface area contributed by atoms with Crippen molar-refractivity contribution >= 4 is 47.1 Å². The Kier molecular flexibility index (Phi) is 10.3. The van der Waals surface area contributed by atoms with E-state index in [-0.39, 0.29) is 19.6 Å². The van der Waals surface area contributed by atoms with Gasteiger partial charge in [-0.05, 0) is 92.3 Å². The van der Waals surface area contributed by atoms with Gasteiger partial charge in [0.1, 0.15) is 23.8 Å². The third-order valence-electron chi connectivity index (χ3n) is 8.71. The molecule has 11 nitrogen and oxygen atoms in total. The Morgan fingerprint density at radius 2 is 1.69 bits per heavy atom. The first-order chi connectivity index (χ1) is 24.4. The zero-order valence-corrected chi connectivity index (χ0v) is 29.6. The molecule has 264 valence electrons. The predicted octanol–water partition coefficient (Wildman–Crippen LogP) is 6.98. The van der Waals surface area contributed by atoms with Gasteiger partial charge in [0.2, 0.25) is 5.91 Å². The number of halogens is 1. The number of amides is 4. The highest BCUT2D eigenvalue weighted by molar-refractivity contribution is 6.31. The van der Waals surface area contributed by atoms with E-state index in [0.29, 0.717) is 40.8 Å². The third kappa shape index (κ3) is 7.99. The topological polar surface area (TPSA) is 119 Å². The van der Waals surface area contributed by atoms with E-state index in [1.807, 2.05) is 48.5 Å². The number of hydrogen-bond donors (Lipinski definition) is 0. The Bertz CT molecular complexity index is 1930. The Balaban J connectivity index is 1.27. The number of carbonyl (C=O) groups excluding carboxylic acids is 4. The normalized spacial score (nSPS) is 16.6. The molecule has 0 saturated carbocycles. The Morgan fingerprint density at radius 1 is 0.941 bits per heavy atom. The fourth-order valence-corrected chi connectivity index (χ4v) is 6.35. The van der Waals surface area contributed by atoms with E-state index >= 15 is 0 Å². The molecule has 4 aromatic rings. The average Bonchev–Trinajstić information content (AvgIpc) is 3.53. The van der Waals surface area contributed by atoms with Gasteiger partial charge in [0.05, 0.1) is 25.3 Å². The molecule has 0 spiro atoms. The zero-order valence-electron chi connectivity index (χ0n) is 28.9. The van der Waals surface area contributed by atoms with Crippen LogP contribution in [0, 0.1) is 5.92 Å². The first-order valence-electron chi connectivity index (χ1n) is 16.6. The molecule has 0 radical (unpaired) electrons. The van der Waals surface area contributed by atoms with Crippen molar-refractivity contribution in [3.8, 4) is 5.75 Å². The van der Waals surface area contributed by atoms with Crippen molar-refractivity contribution in [3.63, 3.8) is 0 Å². The summed E-state index contributed by atoms with van der Waals surface area (Å²) in [6.45, 7) is 5.82. The minimum absolute atomic E-state index is 0.0170. The largest absolute Gasteiger partial charge is 0.497 e. The smallest absolute Gasteiger partial charge is 0.416 e. The van der Waals surface area contributed by atoms with Crippen LogP contribution in [-0.4, -0.2) is 59.2 Å². The highest BCUT2D eigenvalue weighted by Gasteiger charge is 2.56. The van der Waals surface area contributed by atoms with Gasteiger partial charge in [0, 0.05) is 17.8 Å². The molecule has 51 heavy (non-hydrogen) atoms. The van der Waals surface area contributed by atoms with Gasteiger partial charge in [-0.1, -0.05) is 60.1 Å². The van der Waals surface area contributed by atoms with Gasteiger partial charge in [-0.15, -0.1) is 0 Å². The maximum atomic E-state index is 13.9. The molecule has 1 saturated heterocycles. The summed E-state index contributed by atoms with van der Waals surface area (Å²) < 4.78 is 16.7. The van der Waals surface area contributed by atoms with E-state index < -0.39 is 41.6 Å². The first-order valence-corrected chi connectivity index (χ1v) is 17.0. The van der Waals surface area contributed by atoms with Crippen molar-refractivity contribution < 1.29 is 33.4 Å². The van der Waals surface area contributed by atoms with Crippen molar-refractivity contribution in [2.45, 2.75) is 58.4 Å². The van der Waals surface area contributed by atoms with Gasteiger partial charge >= 0.3 is 18.1 Å². The number of urea groups is 1. The van der Waals surface area contributed by atoms with Crippen LogP contribution in [-0.2, 0) is 45.1 Å². The number of fused-ring (bicyclic) bond motifs is 1. The number of methoxy groups -OCH3 is 1. The summed E-state index contributed by atoms with van der Waals surface area (Å²) >= 11 is 6.25. The number of aromatic nitrogens is 1. The lowest BCUT2D eigenvalue weighted by atomic mass is 9.82. The number of benzene rings is 3. The molecule has 0 bridgehead atoms. The number of anilines is 2. The molecule has 0 N–H and O–H groups in total. The standard InChI is InChI=1S/C39H39ClN4O7/c1-39(2,3)51-38(48)43(23-25-10-14-30(49-4)15-11-25)33-21-27(16-18-41-33)20-31-34(36(46)50-24-26-8-6-5-7-9-26)44(35(31)45)37(47)42-19-17-28-12-13-29(40)22-32(28)42/h5-16,18,21-22,31,34H,17,19-20,23-24H2,1-4H3/t31-,34+/m1/s1. The van der Waals surface area contributed by atoms with E-state index in [1.54, 1.807) is 64.3 Å². The van der Waals surface area contributed by atoms with Crippen molar-refractivity contribution in [1.29, 1.82) is 0 Å². The number of rotatable bonds is 9. The van der Waals surface area contributed by atoms with E-state index in [0.717, 1.165) is 21.6 Å². The van der Waals surface area contributed by atoms with Crippen molar-refractivity contribution in [2.24, 2.45) is 5.92 Å². The van der Waals surface area contributed by atoms with E-state index in [9.17, 15) is 19.2 Å². The molecule has 6 rings (SSSR count). The SMILES string of the molecule is COc1ccc(CN(C(=O)OC(C)(C)C)c2cc(C[C@H]3C(=O)N(C(=O)N4CCc5ccc(Cl)cc54)[C@@H]3C(=O)OCc3ccccc3)ccn2)cc1. The summed E-state index contributed by atoms with van der Waals surface area (Å²) in [6, 6.07) is 23.4. The molecule has 1 aromatic heterocycles. The highest BCUT2D eigenvalue weighted by atomic mass is 35.5. The van der Waals surface area contributed by atoms with Crippen LogP contribution >= 0.6 is 11.6 Å². The van der Waals surface area contributed by atoms with Gasteiger partial charge in [-0.25, -0.2) is 24.3 Å². The molecule has 12 heteroatoms. The number of imide groups is 1. The van der Waals surface area contributed by atoms with E-state index in [1.165, 1.54) is 16.0 Å². The van der Waals surface area contributed by atoms with Crippen LogP contribution in [0.4, 0.5) is 21.1 Å². The lowest BCUT2D eigenvalue weighted by Crippen LogP contribution is -2.69. The highest BCUT2D eigenvalue weighted by Crippen LogP contribution is 2.37. The molecule has 2 aliphatic rings. The molecular weight excluding hydrogens is 672 g/mol. The van der Waals surface area contributed by atoms with Crippen LogP contribution in [0.2, 0.25) is 5.02 Å². The molecular formula is C39H39ClN4O7. The number of carbonyl (C=O) groups is 4. The Labute approximate surface area is 301 Å². The van der Waals surface area contributed by atoms with Gasteiger partial charge in [0.15, 0.2) is 6.04 Å². The molecule has 3 aromatic carbocycles. The molecule has 3 heterocycles. The van der Waals surface area contributed by atoms with Crippen LogP contribution in [0.25, 0.3) is 0 Å². The lowest BCUT2D eigenvalue weighted by Gasteiger charge is -2.45. The van der Waals surface area contributed by atoms with Gasteiger partial charge in [-0.2, -0.15) is 0 Å². The summed E-state index contributed by atoms with van der Waals surface area (Å²) in [4.78, 5) is 63.4. The second-order valence-corrected chi connectivity index (χ2v) is 13.9. The quantitative estimate of drug-likeness (QED) is 0.135. The van der Waals surface area contributed by atoms with Crippen molar-refractivity contribution in [2.75, 3.05) is 23.5 Å². The second-order valence-electron chi connectivity index (χ2n) is 13.5. The Hall–Kier alpha value is -5.42. The molecule has 2 aliphatic heterocycles. The van der Waals surface area contributed by atoms with Crippen LogP contribution in [0.1, 0.15) is 43.0 Å². The van der Waals surface area contributed by atoms with Crippen LogP contribution in [0.3, 0.4) is 0 Å². The second kappa shape index (κ2) is 14.8. The monoisotopic (exact) mass is 710 g/mol. The number of nitrogens with zero attached hydrogens (tertiary/aromatic N) is 4.